The molecule has 0 saturated heterocycles. The summed E-state index contributed by atoms with van der Waals surface area (Å²) >= 11 is 0. The van der Waals surface area contributed by atoms with Gasteiger partial charge in [-0.05, 0) is 6.42 Å². The Kier molecular flexibility index (Phi) is 8.95. The molecule has 32 heavy (non-hydrogen) atoms. The van der Waals surface area contributed by atoms with Crippen LogP contribution in [0.15, 0.2) is 29.4 Å². The zero-order valence-corrected chi connectivity index (χ0v) is 17.5. The molecule has 1 heterocycles. The lowest BCUT2D eigenvalue weighted by Crippen LogP contribution is -2.49. The number of nitrogen functional groups attached to an aromatic ring is 1. The van der Waals surface area contributed by atoms with Gasteiger partial charge in [0.1, 0.15) is 23.7 Å². The average molecular weight is 449 g/mol. The molecule has 0 fully saturated rings. The van der Waals surface area contributed by atoms with Crippen LogP contribution in [0.25, 0.3) is 0 Å². The molecule has 12 nitrogen and oxygen atoms in total. The highest BCUT2D eigenvalue weighted by molar-refractivity contribution is 6.05. The molecule has 7 N–H and O–H groups in total. The number of benzene rings is 1. The summed E-state index contributed by atoms with van der Waals surface area (Å²) in [5, 5.41) is 35.5. The Morgan fingerprint density at radius 1 is 1.31 bits per heavy atom. The molecule has 0 spiro atoms. The number of carboxylic acid groups (broad SMARTS) is 1. The van der Waals surface area contributed by atoms with Crippen molar-refractivity contribution >= 4 is 29.5 Å². The molecule has 174 valence electrons. The third kappa shape index (κ3) is 6.94. The Morgan fingerprint density at radius 2 is 2.00 bits per heavy atom. The maximum absolute atomic E-state index is 12.2. The van der Waals surface area contributed by atoms with E-state index in [-0.39, 0.29) is 31.1 Å². The Balaban J connectivity index is 1.84. The van der Waals surface area contributed by atoms with E-state index in [0.717, 1.165) is 6.42 Å². The topological polar surface area (TPSA) is 196 Å². The molecule has 1 aromatic carbocycles. The summed E-state index contributed by atoms with van der Waals surface area (Å²) in [6, 6.07) is 5.05. The van der Waals surface area contributed by atoms with Gasteiger partial charge in [0.15, 0.2) is 6.10 Å². The summed E-state index contributed by atoms with van der Waals surface area (Å²) in [6.45, 7) is 1.71. The van der Waals surface area contributed by atoms with E-state index in [2.05, 4.69) is 15.8 Å². The molecule has 12 heteroatoms. The van der Waals surface area contributed by atoms with Gasteiger partial charge in [-0.15, -0.1) is 0 Å². The third-order valence-corrected chi connectivity index (χ3v) is 4.62. The highest BCUT2D eigenvalue weighted by Gasteiger charge is 2.35. The molecule has 1 aliphatic rings. The maximum Gasteiger partial charge on any atom is 0.407 e. The molecular weight excluding hydrogens is 422 g/mol. The molecular formula is C20H27N5O7. The number of carbonyl (C=O) groups is 3. The van der Waals surface area contributed by atoms with Crippen LogP contribution in [-0.2, 0) is 19.2 Å². The first-order valence-electron chi connectivity index (χ1n) is 10.0. The van der Waals surface area contributed by atoms with Crippen molar-refractivity contribution in [3.8, 4) is 0 Å². The third-order valence-electron chi connectivity index (χ3n) is 4.62. The van der Waals surface area contributed by atoms with Crippen LogP contribution in [0.5, 0.6) is 0 Å². The number of carbonyl (C=O) groups excluding carboxylic acids is 2. The van der Waals surface area contributed by atoms with Gasteiger partial charge >= 0.3 is 12.1 Å². The number of ether oxygens (including phenoxy) is 1. The number of nitrogens with zero attached hydrogens (tertiary/aromatic N) is 1. The number of aliphatic carboxylic acids is 1. The molecule has 0 bridgehead atoms. The number of oxime groups is 1. The minimum Gasteiger partial charge on any atom is -0.480 e. The van der Waals surface area contributed by atoms with Crippen LogP contribution >= 0.6 is 0 Å². The number of amidine groups is 1. The van der Waals surface area contributed by atoms with Crippen LogP contribution in [-0.4, -0.2) is 71.1 Å². The monoisotopic (exact) mass is 449 g/mol. The van der Waals surface area contributed by atoms with E-state index in [0.29, 0.717) is 17.5 Å². The van der Waals surface area contributed by atoms with Gasteiger partial charge in [-0.3, -0.25) is 10.2 Å². The van der Waals surface area contributed by atoms with Gasteiger partial charge in [-0.1, -0.05) is 42.8 Å². The highest BCUT2D eigenvalue weighted by Crippen LogP contribution is 2.20. The molecule has 1 aliphatic heterocycles. The summed E-state index contributed by atoms with van der Waals surface area (Å²) in [4.78, 5) is 40.3. The van der Waals surface area contributed by atoms with Crippen LogP contribution < -0.4 is 16.4 Å². The molecule has 3 atom stereocenters. The van der Waals surface area contributed by atoms with E-state index in [1.165, 1.54) is 0 Å². The largest absolute Gasteiger partial charge is 0.480 e. The van der Waals surface area contributed by atoms with Gasteiger partial charge < -0.3 is 36.2 Å². The first-order valence-corrected chi connectivity index (χ1v) is 10.0. The second kappa shape index (κ2) is 11.6. The average Bonchev–Trinajstić information content (AvgIpc) is 3.11. The Hall–Kier alpha value is -3.67. The lowest BCUT2D eigenvalue weighted by molar-refractivity contribution is -0.139. The molecule has 0 saturated carbocycles. The van der Waals surface area contributed by atoms with Crippen LogP contribution in [0.1, 0.15) is 37.3 Å². The fourth-order valence-electron chi connectivity index (χ4n) is 2.77. The van der Waals surface area contributed by atoms with Gasteiger partial charge in [0, 0.05) is 17.7 Å². The zero-order valence-electron chi connectivity index (χ0n) is 17.5. The predicted octanol–water partition coefficient (Wildman–Crippen LogP) is -0.0797. The van der Waals surface area contributed by atoms with Crippen LogP contribution in [0, 0.1) is 5.41 Å². The summed E-state index contributed by atoms with van der Waals surface area (Å²) in [6.07, 6.45) is -1.86. The van der Waals surface area contributed by atoms with Crippen LogP contribution in [0.2, 0.25) is 0 Å². The van der Waals surface area contributed by atoms with Gasteiger partial charge in [-0.25, -0.2) is 9.59 Å². The number of hydrogen-bond acceptors (Lipinski definition) is 8. The SMILES string of the molecule is CCCCOC(=O)N[C@@H](CNC(=O)C[C@H]1ON=C(c2ccc(C(=N)N)cc2)[C@H]1O)C(=O)O. The normalized spacial score (nSPS) is 18.1. The summed E-state index contributed by atoms with van der Waals surface area (Å²) in [5.41, 5.74) is 6.68. The molecule has 2 rings (SSSR count). The Morgan fingerprint density at radius 3 is 2.59 bits per heavy atom. The van der Waals surface area contributed by atoms with E-state index in [4.69, 9.17) is 20.7 Å². The van der Waals surface area contributed by atoms with Crippen LogP contribution in [0.3, 0.4) is 0 Å². The quantitative estimate of drug-likeness (QED) is 0.153. The van der Waals surface area contributed by atoms with E-state index in [1.807, 2.05) is 6.92 Å². The van der Waals surface area contributed by atoms with Gasteiger partial charge in [0.25, 0.3) is 0 Å². The van der Waals surface area contributed by atoms with Crippen molar-refractivity contribution in [3.63, 3.8) is 0 Å². The molecule has 0 aromatic heterocycles. The lowest BCUT2D eigenvalue weighted by atomic mass is 9.99. The van der Waals surface area contributed by atoms with E-state index in [9.17, 15) is 24.6 Å². The van der Waals surface area contributed by atoms with Crippen molar-refractivity contribution in [2.24, 2.45) is 10.9 Å². The van der Waals surface area contributed by atoms with Crippen molar-refractivity contribution in [3.05, 3.63) is 35.4 Å². The zero-order chi connectivity index (χ0) is 23.7. The van der Waals surface area contributed by atoms with Gasteiger partial charge in [0.05, 0.1) is 13.0 Å². The smallest absolute Gasteiger partial charge is 0.407 e. The van der Waals surface area contributed by atoms with Crippen molar-refractivity contribution in [2.75, 3.05) is 13.2 Å². The van der Waals surface area contributed by atoms with Gasteiger partial charge in [0.2, 0.25) is 5.91 Å². The Labute approximate surface area is 184 Å². The highest BCUT2D eigenvalue weighted by atomic mass is 16.7. The number of aliphatic hydroxyl groups is 1. The molecule has 2 amide bonds. The predicted molar refractivity (Wildman–Crippen MR) is 113 cm³/mol. The number of nitrogens with two attached hydrogens (primary N) is 1. The van der Waals surface area contributed by atoms with Crippen molar-refractivity contribution in [1.29, 1.82) is 5.41 Å². The number of aliphatic hydroxyl groups excluding tert-OH is 1. The summed E-state index contributed by atoms with van der Waals surface area (Å²) < 4.78 is 4.85. The molecule has 0 aliphatic carbocycles. The number of rotatable bonds is 11. The van der Waals surface area contributed by atoms with Crippen molar-refractivity contribution in [2.45, 2.75) is 44.4 Å². The van der Waals surface area contributed by atoms with Crippen LogP contribution in [0.4, 0.5) is 4.79 Å². The van der Waals surface area contributed by atoms with Gasteiger partial charge in [-0.2, -0.15) is 0 Å². The maximum atomic E-state index is 12.2. The number of alkyl carbamates (subject to hydrolysis) is 1. The first kappa shape index (κ1) is 24.6. The lowest BCUT2D eigenvalue weighted by Gasteiger charge is -2.17. The molecule has 0 unspecified atom stereocenters. The standard InChI is InChI=1S/C20H27N5O7/c1-2-3-8-31-20(30)24-13(19(28)29)10-23-15(26)9-14-17(27)16(25-32-14)11-4-6-12(7-5-11)18(21)22/h4-7,13-14,17,27H,2-3,8-10H2,1H3,(H3,21,22)(H,23,26)(H,24,30)(H,28,29)/t13-,14+,17-/m0/s1. The fraction of sp³-hybridized carbons (Fsp3) is 0.450. The van der Waals surface area contributed by atoms with Crippen molar-refractivity contribution < 1.29 is 34.2 Å². The van der Waals surface area contributed by atoms with E-state index >= 15 is 0 Å². The second-order valence-electron chi connectivity index (χ2n) is 7.09. The number of nitrogens with one attached hydrogen (secondary N) is 3. The fourth-order valence-corrected chi connectivity index (χ4v) is 2.77. The van der Waals surface area contributed by atoms with Crippen molar-refractivity contribution in [1.82, 2.24) is 10.6 Å². The number of unbranched alkanes of at least 4 members (excludes halogenated alkanes) is 1. The first-order chi connectivity index (χ1) is 15.2. The second-order valence-corrected chi connectivity index (χ2v) is 7.09. The van der Waals surface area contributed by atoms with E-state index < -0.39 is 36.2 Å². The summed E-state index contributed by atoms with van der Waals surface area (Å²) in [7, 11) is 0. The molecule has 1 aromatic rings. The van der Waals surface area contributed by atoms with E-state index in [1.54, 1.807) is 24.3 Å². The minimum absolute atomic E-state index is 0.0976. The number of amides is 2. The molecule has 0 radical (unpaired) electrons. The number of hydrogen-bond donors (Lipinski definition) is 6. The Bertz CT molecular complexity index is 872. The number of carboxylic acids is 1. The minimum atomic E-state index is -1.38. The summed E-state index contributed by atoms with van der Waals surface area (Å²) in [5.74, 6) is -2.03.